The number of rotatable bonds is 7. The molecule has 5 heteroatoms. The van der Waals surface area contributed by atoms with Gasteiger partial charge in [0, 0.05) is 55.2 Å². The Kier molecular flexibility index (Phi) is 6.55. The zero-order chi connectivity index (χ0) is 24.8. The Morgan fingerprint density at radius 1 is 0.972 bits per heavy atom. The van der Waals surface area contributed by atoms with Crippen molar-refractivity contribution in [2.75, 3.05) is 50.8 Å². The maximum absolute atomic E-state index is 5.61. The van der Waals surface area contributed by atoms with Gasteiger partial charge in [-0.1, -0.05) is 17.7 Å². The fourth-order valence-corrected chi connectivity index (χ4v) is 6.65. The van der Waals surface area contributed by atoms with Gasteiger partial charge in [-0.3, -0.25) is 9.47 Å². The highest BCUT2D eigenvalue weighted by Crippen LogP contribution is 2.42. The third-order valence-electron chi connectivity index (χ3n) is 8.49. The normalized spacial score (nSPS) is 18.6. The van der Waals surface area contributed by atoms with Crippen molar-refractivity contribution in [2.45, 2.75) is 66.2 Å². The lowest BCUT2D eigenvalue weighted by molar-refractivity contribution is 0.0391. The van der Waals surface area contributed by atoms with Crippen LogP contribution < -0.4 is 4.90 Å². The van der Waals surface area contributed by atoms with Crippen LogP contribution >= 0.6 is 0 Å². The van der Waals surface area contributed by atoms with E-state index in [0.29, 0.717) is 0 Å². The van der Waals surface area contributed by atoms with Crippen LogP contribution in [0.2, 0.25) is 0 Å². The van der Waals surface area contributed by atoms with Crippen LogP contribution in [-0.2, 0) is 17.6 Å². The van der Waals surface area contributed by atoms with E-state index < -0.39 is 0 Å². The monoisotopic (exact) mass is 486 g/mol. The predicted octanol–water partition coefficient (Wildman–Crippen LogP) is 5.69. The molecule has 0 bridgehead atoms. The van der Waals surface area contributed by atoms with E-state index in [0.717, 1.165) is 57.4 Å². The summed E-state index contributed by atoms with van der Waals surface area (Å²) in [4.78, 5) is 10.6. The molecule has 3 heterocycles. The summed E-state index contributed by atoms with van der Waals surface area (Å²) in [7, 11) is 0. The second kappa shape index (κ2) is 9.83. The molecule has 0 spiro atoms. The molecule has 5 nitrogen and oxygen atoms in total. The molecule has 1 aliphatic heterocycles. The molecule has 1 saturated carbocycles. The Morgan fingerprint density at radius 3 is 2.42 bits per heavy atom. The molecule has 0 N–H and O–H groups in total. The van der Waals surface area contributed by atoms with E-state index in [9.17, 15) is 0 Å². The van der Waals surface area contributed by atoms with Gasteiger partial charge in [0.1, 0.15) is 5.65 Å². The quantitative estimate of drug-likeness (QED) is 0.430. The summed E-state index contributed by atoms with van der Waals surface area (Å²) in [5, 5.41) is 1.43. The van der Waals surface area contributed by atoms with Gasteiger partial charge in [0.2, 0.25) is 0 Å². The standard InChI is InChI=1S/C31H42N4O/c1-21-17-22(2)30(23(3)18-21)35-27-8-6-5-7-26(27)29-28(19-24(4)32-31(29)35)34(20-25-9-10-25)12-11-33-13-15-36-16-14-33/h17-19,25H,5-16,20H2,1-4H3. The summed E-state index contributed by atoms with van der Waals surface area (Å²) in [5.41, 5.74) is 12.2. The molecule has 36 heavy (non-hydrogen) atoms. The average Bonchev–Trinajstić information content (AvgIpc) is 3.63. The van der Waals surface area contributed by atoms with E-state index in [4.69, 9.17) is 9.72 Å². The Morgan fingerprint density at radius 2 is 1.69 bits per heavy atom. The molecule has 3 aliphatic rings. The molecule has 1 saturated heterocycles. The lowest BCUT2D eigenvalue weighted by atomic mass is 9.94. The maximum atomic E-state index is 5.61. The number of hydrogen-bond acceptors (Lipinski definition) is 4. The fraction of sp³-hybridized carbons (Fsp3) is 0.581. The van der Waals surface area contributed by atoms with Crippen LogP contribution in [-0.4, -0.2) is 60.4 Å². The van der Waals surface area contributed by atoms with E-state index in [1.165, 1.54) is 83.4 Å². The van der Waals surface area contributed by atoms with Crippen LogP contribution in [0.3, 0.4) is 0 Å². The molecule has 6 rings (SSSR count). The minimum Gasteiger partial charge on any atom is -0.379 e. The van der Waals surface area contributed by atoms with Gasteiger partial charge in [0.05, 0.1) is 18.9 Å². The number of nitrogens with zero attached hydrogens (tertiary/aromatic N) is 4. The first-order valence-electron chi connectivity index (χ1n) is 14.2. The van der Waals surface area contributed by atoms with E-state index in [1.807, 2.05) is 0 Å². The van der Waals surface area contributed by atoms with Crippen LogP contribution in [0.15, 0.2) is 18.2 Å². The molecule has 1 aromatic carbocycles. The second-order valence-electron chi connectivity index (χ2n) is 11.5. The van der Waals surface area contributed by atoms with Crippen molar-refractivity contribution in [1.29, 1.82) is 0 Å². The van der Waals surface area contributed by atoms with Gasteiger partial charge in [0.15, 0.2) is 0 Å². The first-order chi connectivity index (χ1) is 17.5. The van der Waals surface area contributed by atoms with Gasteiger partial charge < -0.3 is 9.64 Å². The first-order valence-corrected chi connectivity index (χ1v) is 14.2. The SMILES string of the molecule is Cc1cc(C)c(-n2c3c(c4c(N(CCN5CCOCC5)CC5CC5)cc(C)nc42)CCCC3)c(C)c1. The Labute approximate surface area is 216 Å². The largest absolute Gasteiger partial charge is 0.379 e. The third kappa shape index (κ3) is 4.56. The average molecular weight is 487 g/mol. The van der Waals surface area contributed by atoms with E-state index in [2.05, 4.69) is 60.3 Å². The number of pyridine rings is 1. The summed E-state index contributed by atoms with van der Waals surface area (Å²) in [6, 6.07) is 7.06. The molecular weight excluding hydrogens is 444 g/mol. The van der Waals surface area contributed by atoms with Crippen LogP contribution in [0.5, 0.6) is 0 Å². The van der Waals surface area contributed by atoms with Crippen molar-refractivity contribution >= 4 is 16.7 Å². The van der Waals surface area contributed by atoms with Crippen LogP contribution in [0.25, 0.3) is 16.7 Å². The predicted molar refractivity (Wildman–Crippen MR) is 149 cm³/mol. The molecule has 3 aromatic rings. The molecule has 0 atom stereocenters. The smallest absolute Gasteiger partial charge is 0.147 e. The molecular formula is C31H42N4O. The molecule has 192 valence electrons. The number of benzene rings is 1. The number of fused-ring (bicyclic) bond motifs is 3. The molecule has 0 radical (unpaired) electrons. The van der Waals surface area contributed by atoms with Crippen molar-refractivity contribution in [2.24, 2.45) is 5.92 Å². The second-order valence-corrected chi connectivity index (χ2v) is 11.5. The highest BCUT2D eigenvalue weighted by molar-refractivity contribution is 5.96. The van der Waals surface area contributed by atoms with Gasteiger partial charge in [-0.15, -0.1) is 0 Å². The summed E-state index contributed by atoms with van der Waals surface area (Å²) in [6.45, 7) is 16.1. The lowest BCUT2D eigenvalue weighted by Gasteiger charge is -2.32. The highest BCUT2D eigenvalue weighted by atomic mass is 16.5. The summed E-state index contributed by atoms with van der Waals surface area (Å²) < 4.78 is 8.16. The lowest BCUT2D eigenvalue weighted by Crippen LogP contribution is -2.42. The molecule has 0 unspecified atom stereocenters. The summed E-state index contributed by atoms with van der Waals surface area (Å²) >= 11 is 0. The van der Waals surface area contributed by atoms with Crippen LogP contribution in [0.1, 0.15) is 59.3 Å². The van der Waals surface area contributed by atoms with Gasteiger partial charge in [0.25, 0.3) is 0 Å². The van der Waals surface area contributed by atoms with Crippen molar-refractivity contribution in [3.63, 3.8) is 0 Å². The van der Waals surface area contributed by atoms with Crippen molar-refractivity contribution in [3.05, 3.63) is 51.8 Å². The number of aromatic nitrogens is 2. The van der Waals surface area contributed by atoms with E-state index >= 15 is 0 Å². The minimum absolute atomic E-state index is 0.845. The number of ether oxygens (including phenoxy) is 1. The van der Waals surface area contributed by atoms with Crippen LogP contribution in [0.4, 0.5) is 5.69 Å². The summed E-state index contributed by atoms with van der Waals surface area (Å²) in [6.07, 6.45) is 7.62. The van der Waals surface area contributed by atoms with E-state index in [-0.39, 0.29) is 0 Å². The Hall–Kier alpha value is -2.37. The number of morpholine rings is 1. The fourth-order valence-electron chi connectivity index (χ4n) is 6.65. The van der Waals surface area contributed by atoms with Gasteiger partial charge in [-0.25, -0.2) is 4.98 Å². The summed E-state index contributed by atoms with van der Waals surface area (Å²) in [5.74, 6) is 0.845. The number of hydrogen-bond donors (Lipinski definition) is 0. The Balaban J connectivity index is 1.50. The molecule has 2 aliphatic carbocycles. The van der Waals surface area contributed by atoms with Crippen molar-refractivity contribution in [3.8, 4) is 5.69 Å². The van der Waals surface area contributed by atoms with E-state index in [1.54, 1.807) is 5.56 Å². The minimum atomic E-state index is 0.845. The first kappa shape index (κ1) is 24.0. The molecule has 0 amide bonds. The van der Waals surface area contributed by atoms with Gasteiger partial charge in [-0.05, 0) is 94.9 Å². The van der Waals surface area contributed by atoms with Crippen LogP contribution in [0, 0.1) is 33.6 Å². The molecule has 2 aromatic heterocycles. The zero-order valence-electron chi connectivity index (χ0n) is 22.7. The van der Waals surface area contributed by atoms with Gasteiger partial charge >= 0.3 is 0 Å². The Bertz CT molecular complexity index is 1240. The zero-order valence-corrected chi connectivity index (χ0v) is 22.7. The highest BCUT2D eigenvalue weighted by Gasteiger charge is 2.30. The topological polar surface area (TPSA) is 33.5 Å². The maximum Gasteiger partial charge on any atom is 0.147 e. The molecule has 2 fully saturated rings. The van der Waals surface area contributed by atoms with Crippen molar-refractivity contribution < 1.29 is 4.74 Å². The van der Waals surface area contributed by atoms with Crippen molar-refractivity contribution in [1.82, 2.24) is 14.5 Å². The van der Waals surface area contributed by atoms with Gasteiger partial charge in [-0.2, -0.15) is 0 Å². The third-order valence-corrected chi connectivity index (χ3v) is 8.49. The number of anilines is 1. The number of aryl methyl sites for hydroxylation is 5.